The first-order chi connectivity index (χ1) is 35.1. The van der Waals surface area contributed by atoms with Crippen molar-refractivity contribution < 1.29 is 8.83 Å². The summed E-state index contributed by atoms with van der Waals surface area (Å²) in [6.45, 7) is 6.12. The molecule has 2 heterocycles. The highest BCUT2D eigenvalue weighted by molar-refractivity contribution is 6.29. The Balaban J connectivity index is 0.00000243. The van der Waals surface area contributed by atoms with Crippen LogP contribution in [0.2, 0.25) is 0 Å². The summed E-state index contributed by atoms with van der Waals surface area (Å²) in [6.07, 6.45) is 0. The van der Waals surface area contributed by atoms with Crippen molar-refractivity contribution in [2.75, 3.05) is 9.80 Å². The van der Waals surface area contributed by atoms with Crippen molar-refractivity contribution in [1.82, 2.24) is 0 Å². The first-order valence-corrected chi connectivity index (χ1v) is 24.6. The molecular formula is C67H48N2O2. The molecule has 0 fully saturated rings. The van der Waals surface area contributed by atoms with Gasteiger partial charge in [0.15, 0.2) is 11.2 Å². The highest BCUT2D eigenvalue weighted by Crippen LogP contribution is 2.51. The van der Waals surface area contributed by atoms with Gasteiger partial charge in [-0.15, -0.1) is 0 Å². The molecule has 0 bridgehead atoms. The van der Waals surface area contributed by atoms with Crippen molar-refractivity contribution in [2.45, 2.75) is 20.8 Å². The molecule has 0 unspecified atom stereocenters. The standard InChI is InChI=1S/C65H42N2O2.C2H6/c1-41-15-10-25-52-53-27-14-29-59(65(53)69-63(41)52)67(49-23-12-21-47(40-49)43-18-6-3-7-19-43)57-38-34-45-31-35-54-56(37-33-44-32-36-55(57)62(45)61(44)54)66(48-22-11-20-46(39-48)42-16-4-2-5-17-42)58-28-13-26-51-50-24-8-9-30-60(50)68-64(51)58;1-2/h2-40H,1H3;1-2H3. The minimum atomic E-state index is 0.847. The molecule has 0 N–H and O–H groups in total. The second kappa shape index (κ2) is 17.1. The zero-order valence-electron chi connectivity index (χ0n) is 39.7. The first kappa shape index (κ1) is 42.0. The molecule has 0 radical (unpaired) electrons. The van der Waals surface area contributed by atoms with E-state index >= 15 is 0 Å². The van der Waals surface area contributed by atoms with E-state index in [-0.39, 0.29) is 0 Å². The molecule has 14 aromatic rings. The summed E-state index contributed by atoms with van der Waals surface area (Å²) < 4.78 is 13.7. The number of nitrogens with zero attached hydrogens (tertiary/aromatic N) is 2. The molecule has 0 atom stereocenters. The smallest absolute Gasteiger partial charge is 0.159 e. The summed E-state index contributed by atoms with van der Waals surface area (Å²) in [4.78, 5) is 4.80. The van der Waals surface area contributed by atoms with Crippen LogP contribution in [0.4, 0.5) is 34.1 Å². The van der Waals surface area contributed by atoms with Crippen LogP contribution in [0.5, 0.6) is 0 Å². The number of anilines is 6. The lowest BCUT2D eigenvalue weighted by molar-refractivity contribution is 0.666. The average Bonchev–Trinajstić information content (AvgIpc) is 4.03. The molecule has 0 aliphatic carbocycles. The van der Waals surface area contributed by atoms with Gasteiger partial charge in [0, 0.05) is 43.7 Å². The molecule has 0 aliphatic heterocycles. The van der Waals surface area contributed by atoms with Gasteiger partial charge in [-0.2, -0.15) is 0 Å². The van der Waals surface area contributed by atoms with Gasteiger partial charge in [0.05, 0.1) is 22.7 Å². The van der Waals surface area contributed by atoms with E-state index < -0.39 is 0 Å². The third kappa shape index (κ3) is 6.82. The number of benzene rings is 12. The lowest BCUT2D eigenvalue weighted by Crippen LogP contribution is -2.12. The predicted molar refractivity (Wildman–Crippen MR) is 301 cm³/mol. The third-order valence-corrected chi connectivity index (χ3v) is 14.1. The van der Waals surface area contributed by atoms with Gasteiger partial charge in [-0.3, -0.25) is 0 Å². The number of hydrogen-bond donors (Lipinski definition) is 0. The Labute approximate surface area is 412 Å². The van der Waals surface area contributed by atoms with Crippen LogP contribution in [0.15, 0.2) is 245 Å². The van der Waals surface area contributed by atoms with E-state index in [1.165, 1.54) is 21.5 Å². The number of aryl methyl sites for hydroxylation is 1. The lowest BCUT2D eigenvalue weighted by Gasteiger charge is -2.29. The summed E-state index contributed by atoms with van der Waals surface area (Å²) in [5.74, 6) is 0. The SMILES string of the molecule is CC.Cc1cccc2c1oc1c(N(c3cccc(-c4ccccc4)c3)c3ccc4ccc5c(N(c6cccc(-c7ccccc7)c6)c6cccc7c6oc6ccccc67)ccc6ccc3c4c65)cccc12. The fourth-order valence-corrected chi connectivity index (χ4v) is 10.9. The molecule has 12 aromatic carbocycles. The summed E-state index contributed by atoms with van der Waals surface area (Å²) in [6, 6.07) is 85.2. The summed E-state index contributed by atoms with van der Waals surface area (Å²) >= 11 is 0. The fraction of sp³-hybridized carbons (Fsp3) is 0.0448. The monoisotopic (exact) mass is 912 g/mol. The number of hydrogen-bond acceptors (Lipinski definition) is 4. The number of fused-ring (bicyclic) bond motifs is 6. The summed E-state index contributed by atoms with van der Waals surface area (Å²) in [5.41, 5.74) is 15.4. The topological polar surface area (TPSA) is 32.8 Å². The summed E-state index contributed by atoms with van der Waals surface area (Å²) in [7, 11) is 0. The number of para-hydroxylation sites is 4. The minimum Gasteiger partial charge on any atom is -0.454 e. The zero-order chi connectivity index (χ0) is 47.6. The normalized spacial score (nSPS) is 11.6. The summed E-state index contributed by atoms with van der Waals surface area (Å²) in [5, 5.41) is 11.5. The molecular weight excluding hydrogens is 865 g/mol. The van der Waals surface area contributed by atoms with E-state index in [9.17, 15) is 0 Å². The van der Waals surface area contributed by atoms with Crippen molar-refractivity contribution in [3.8, 4) is 22.3 Å². The Hall–Kier alpha value is -9.12. The van der Waals surface area contributed by atoms with E-state index in [0.29, 0.717) is 0 Å². The van der Waals surface area contributed by atoms with Crippen molar-refractivity contribution in [1.29, 1.82) is 0 Å². The van der Waals surface area contributed by atoms with Crippen LogP contribution in [0.1, 0.15) is 19.4 Å². The molecule has 4 heteroatoms. The highest BCUT2D eigenvalue weighted by Gasteiger charge is 2.26. The minimum absolute atomic E-state index is 0.847. The van der Waals surface area contributed by atoms with Crippen LogP contribution < -0.4 is 9.80 Å². The van der Waals surface area contributed by atoms with Gasteiger partial charge in [-0.05, 0) is 111 Å². The Kier molecular flexibility index (Phi) is 10.1. The van der Waals surface area contributed by atoms with E-state index in [0.717, 1.165) is 117 Å². The first-order valence-electron chi connectivity index (χ1n) is 24.6. The Morgan fingerprint density at radius 3 is 1.28 bits per heavy atom. The van der Waals surface area contributed by atoms with Gasteiger partial charge < -0.3 is 18.6 Å². The van der Waals surface area contributed by atoms with Crippen molar-refractivity contribution in [2.24, 2.45) is 0 Å². The Morgan fingerprint density at radius 1 is 0.296 bits per heavy atom. The maximum atomic E-state index is 6.94. The third-order valence-electron chi connectivity index (χ3n) is 14.1. The van der Waals surface area contributed by atoms with E-state index in [2.05, 4.69) is 247 Å². The van der Waals surface area contributed by atoms with Crippen LogP contribution in [0, 0.1) is 6.92 Å². The van der Waals surface area contributed by atoms with Crippen LogP contribution in [0.25, 0.3) is 98.4 Å². The molecule has 0 spiro atoms. The van der Waals surface area contributed by atoms with Crippen LogP contribution in [0.3, 0.4) is 0 Å². The fourth-order valence-electron chi connectivity index (χ4n) is 10.9. The van der Waals surface area contributed by atoms with Gasteiger partial charge in [0.25, 0.3) is 0 Å². The van der Waals surface area contributed by atoms with Gasteiger partial charge >= 0.3 is 0 Å². The Bertz CT molecular complexity index is 4280. The van der Waals surface area contributed by atoms with Crippen molar-refractivity contribution in [3.63, 3.8) is 0 Å². The molecule has 0 saturated heterocycles. The molecule has 0 saturated carbocycles. The van der Waals surface area contributed by atoms with E-state index in [1.54, 1.807) is 0 Å². The highest BCUT2D eigenvalue weighted by atomic mass is 16.3. The number of rotatable bonds is 8. The molecule has 4 nitrogen and oxygen atoms in total. The van der Waals surface area contributed by atoms with Gasteiger partial charge in [0.2, 0.25) is 0 Å². The molecule has 0 aliphatic rings. The van der Waals surface area contributed by atoms with Gasteiger partial charge in [0.1, 0.15) is 11.2 Å². The van der Waals surface area contributed by atoms with E-state index in [4.69, 9.17) is 8.83 Å². The van der Waals surface area contributed by atoms with Gasteiger partial charge in [-0.25, -0.2) is 0 Å². The molecule has 14 rings (SSSR count). The second-order valence-electron chi connectivity index (χ2n) is 18.1. The van der Waals surface area contributed by atoms with E-state index in [1.807, 2.05) is 19.9 Å². The maximum absolute atomic E-state index is 6.94. The van der Waals surface area contributed by atoms with Crippen LogP contribution in [-0.4, -0.2) is 0 Å². The lowest BCUT2D eigenvalue weighted by atomic mass is 9.91. The number of furan rings is 2. The van der Waals surface area contributed by atoms with Crippen molar-refractivity contribution >= 4 is 110 Å². The molecule has 71 heavy (non-hydrogen) atoms. The molecule has 338 valence electrons. The molecule has 2 aromatic heterocycles. The van der Waals surface area contributed by atoms with Crippen LogP contribution in [-0.2, 0) is 0 Å². The quantitative estimate of drug-likeness (QED) is 0.142. The largest absolute Gasteiger partial charge is 0.454 e. The van der Waals surface area contributed by atoms with Crippen molar-refractivity contribution in [3.05, 3.63) is 242 Å². The second-order valence-corrected chi connectivity index (χ2v) is 18.1. The Morgan fingerprint density at radius 2 is 0.718 bits per heavy atom. The van der Waals surface area contributed by atoms with Crippen LogP contribution >= 0.6 is 0 Å². The average molecular weight is 913 g/mol. The van der Waals surface area contributed by atoms with Gasteiger partial charge in [-0.1, -0.05) is 196 Å². The maximum Gasteiger partial charge on any atom is 0.159 e. The molecule has 0 amide bonds. The zero-order valence-corrected chi connectivity index (χ0v) is 39.7. The predicted octanol–water partition coefficient (Wildman–Crippen LogP) is 20.0.